The molecule has 0 unspecified atom stereocenters. The lowest BCUT2D eigenvalue weighted by Gasteiger charge is -2.36. The summed E-state index contributed by atoms with van der Waals surface area (Å²) in [4.78, 5) is 16.3. The van der Waals surface area contributed by atoms with Crippen molar-refractivity contribution in [1.82, 2.24) is 4.90 Å². The average Bonchev–Trinajstić information content (AvgIpc) is 3.31. The Hall–Kier alpha value is -1.91. The van der Waals surface area contributed by atoms with Crippen molar-refractivity contribution in [2.45, 2.75) is 12.8 Å². The minimum absolute atomic E-state index is 0.309. The molecule has 1 aliphatic carbocycles. The molecule has 0 atom stereocenters. The summed E-state index contributed by atoms with van der Waals surface area (Å²) >= 11 is 0. The van der Waals surface area contributed by atoms with Crippen LogP contribution in [0.25, 0.3) is 0 Å². The number of carbonyl (C=O) groups is 1. The predicted molar refractivity (Wildman–Crippen MR) is 78.9 cm³/mol. The standard InChI is InChI=1S/C15H21N3O2/c1-20-14-12(16)3-2-4-13(14)17-7-9-18(10-8-17)15(19)11-5-6-11/h2-4,11H,5-10,16H2,1H3. The lowest BCUT2D eigenvalue weighted by molar-refractivity contribution is -0.132. The van der Waals surface area contributed by atoms with Gasteiger partial charge in [0.15, 0.2) is 5.75 Å². The van der Waals surface area contributed by atoms with Gasteiger partial charge in [-0.3, -0.25) is 4.79 Å². The Bertz CT molecular complexity index is 506. The van der Waals surface area contributed by atoms with Crippen molar-refractivity contribution >= 4 is 17.3 Å². The van der Waals surface area contributed by atoms with Crippen LogP contribution in [0.4, 0.5) is 11.4 Å². The van der Waals surface area contributed by atoms with E-state index in [1.54, 1.807) is 7.11 Å². The fourth-order valence-electron chi connectivity index (χ4n) is 2.77. The van der Waals surface area contributed by atoms with Gasteiger partial charge in [0, 0.05) is 32.1 Å². The van der Waals surface area contributed by atoms with Crippen molar-refractivity contribution in [2.24, 2.45) is 5.92 Å². The molecule has 0 spiro atoms. The molecule has 2 aliphatic rings. The molecule has 1 aromatic carbocycles. The van der Waals surface area contributed by atoms with Gasteiger partial charge < -0.3 is 20.3 Å². The van der Waals surface area contributed by atoms with Crippen LogP contribution in [0.1, 0.15) is 12.8 Å². The zero-order chi connectivity index (χ0) is 14.1. The lowest BCUT2D eigenvalue weighted by Crippen LogP contribution is -2.49. The van der Waals surface area contributed by atoms with E-state index in [-0.39, 0.29) is 0 Å². The number of hydrogen-bond donors (Lipinski definition) is 1. The molecule has 1 heterocycles. The van der Waals surface area contributed by atoms with Gasteiger partial charge in [-0.15, -0.1) is 0 Å². The van der Waals surface area contributed by atoms with Gasteiger partial charge in [-0.25, -0.2) is 0 Å². The summed E-state index contributed by atoms with van der Waals surface area (Å²) in [5.74, 6) is 1.38. The van der Waals surface area contributed by atoms with E-state index in [4.69, 9.17) is 10.5 Å². The zero-order valence-corrected chi connectivity index (χ0v) is 11.8. The molecular weight excluding hydrogens is 254 g/mol. The van der Waals surface area contributed by atoms with Crippen LogP contribution in [0.5, 0.6) is 5.75 Å². The molecule has 5 nitrogen and oxygen atoms in total. The number of ether oxygens (including phenoxy) is 1. The van der Waals surface area contributed by atoms with Crippen LogP contribution < -0.4 is 15.4 Å². The van der Waals surface area contributed by atoms with E-state index in [9.17, 15) is 4.79 Å². The SMILES string of the molecule is COc1c(N)cccc1N1CCN(C(=O)C2CC2)CC1. The molecule has 2 fully saturated rings. The van der Waals surface area contributed by atoms with E-state index in [2.05, 4.69) is 4.90 Å². The Kier molecular flexibility index (Phi) is 3.42. The van der Waals surface area contributed by atoms with Gasteiger partial charge in [-0.2, -0.15) is 0 Å². The predicted octanol–water partition coefficient (Wildman–Crippen LogP) is 1.34. The first kappa shape index (κ1) is 13.1. The van der Waals surface area contributed by atoms with Crippen LogP contribution in [0.2, 0.25) is 0 Å². The van der Waals surface area contributed by atoms with Crippen molar-refractivity contribution < 1.29 is 9.53 Å². The molecule has 2 N–H and O–H groups in total. The van der Waals surface area contributed by atoms with E-state index in [0.29, 0.717) is 17.5 Å². The van der Waals surface area contributed by atoms with Crippen LogP contribution in [-0.4, -0.2) is 44.1 Å². The maximum atomic E-state index is 12.0. The second-order valence-electron chi connectivity index (χ2n) is 5.49. The number of anilines is 2. The van der Waals surface area contributed by atoms with Gasteiger partial charge in [-0.1, -0.05) is 6.07 Å². The highest BCUT2D eigenvalue weighted by molar-refractivity contribution is 5.81. The van der Waals surface area contributed by atoms with Crippen LogP contribution in [0.15, 0.2) is 18.2 Å². The van der Waals surface area contributed by atoms with Gasteiger partial charge in [-0.05, 0) is 25.0 Å². The molecule has 1 amide bonds. The number of methoxy groups -OCH3 is 1. The van der Waals surface area contributed by atoms with E-state index in [1.807, 2.05) is 23.1 Å². The summed E-state index contributed by atoms with van der Waals surface area (Å²) in [6.07, 6.45) is 2.14. The summed E-state index contributed by atoms with van der Waals surface area (Å²) in [7, 11) is 1.64. The minimum atomic E-state index is 0.309. The van der Waals surface area contributed by atoms with Crippen molar-refractivity contribution in [3.05, 3.63) is 18.2 Å². The van der Waals surface area contributed by atoms with Crippen LogP contribution in [0, 0.1) is 5.92 Å². The molecule has 0 aromatic heterocycles. The van der Waals surface area contributed by atoms with Crippen LogP contribution in [-0.2, 0) is 4.79 Å². The highest BCUT2D eigenvalue weighted by Gasteiger charge is 2.34. The largest absolute Gasteiger partial charge is 0.492 e. The van der Waals surface area contributed by atoms with Crippen molar-refractivity contribution in [3.63, 3.8) is 0 Å². The van der Waals surface area contributed by atoms with Crippen molar-refractivity contribution in [1.29, 1.82) is 0 Å². The number of nitrogens with two attached hydrogens (primary N) is 1. The Morgan fingerprint density at radius 1 is 1.25 bits per heavy atom. The first-order valence-corrected chi connectivity index (χ1v) is 7.17. The number of amides is 1. The smallest absolute Gasteiger partial charge is 0.225 e. The summed E-state index contributed by atoms with van der Waals surface area (Å²) in [5, 5.41) is 0. The fraction of sp³-hybridized carbons (Fsp3) is 0.533. The monoisotopic (exact) mass is 275 g/mol. The summed E-state index contributed by atoms with van der Waals surface area (Å²) in [6.45, 7) is 3.23. The maximum Gasteiger partial charge on any atom is 0.225 e. The number of carbonyl (C=O) groups excluding carboxylic acids is 1. The molecule has 0 radical (unpaired) electrons. The first-order chi connectivity index (χ1) is 9.70. The number of benzene rings is 1. The number of hydrogen-bond acceptors (Lipinski definition) is 4. The first-order valence-electron chi connectivity index (χ1n) is 7.17. The molecular formula is C15H21N3O2. The second-order valence-corrected chi connectivity index (χ2v) is 5.49. The van der Waals surface area contributed by atoms with Gasteiger partial charge in [0.05, 0.1) is 18.5 Å². The average molecular weight is 275 g/mol. The molecule has 1 aliphatic heterocycles. The third kappa shape index (κ3) is 2.40. The zero-order valence-electron chi connectivity index (χ0n) is 11.8. The van der Waals surface area contributed by atoms with Crippen molar-refractivity contribution in [2.75, 3.05) is 43.9 Å². The molecule has 5 heteroatoms. The lowest BCUT2D eigenvalue weighted by atomic mass is 10.2. The molecule has 3 rings (SSSR count). The van der Waals surface area contributed by atoms with Gasteiger partial charge in [0.2, 0.25) is 5.91 Å². The highest BCUT2D eigenvalue weighted by atomic mass is 16.5. The number of piperazine rings is 1. The normalized spacial score (nSPS) is 19.1. The topological polar surface area (TPSA) is 58.8 Å². The molecule has 1 saturated carbocycles. The third-order valence-electron chi connectivity index (χ3n) is 4.09. The van der Waals surface area contributed by atoms with Gasteiger partial charge >= 0.3 is 0 Å². The van der Waals surface area contributed by atoms with E-state index >= 15 is 0 Å². The van der Waals surface area contributed by atoms with Crippen molar-refractivity contribution in [3.8, 4) is 5.75 Å². The Labute approximate surface area is 119 Å². The number of nitrogen functional groups attached to an aromatic ring is 1. The van der Waals surface area contributed by atoms with Crippen LogP contribution in [0.3, 0.4) is 0 Å². The number of nitrogens with zero attached hydrogens (tertiary/aromatic N) is 2. The fourth-order valence-corrected chi connectivity index (χ4v) is 2.77. The molecule has 108 valence electrons. The summed E-state index contributed by atoms with van der Waals surface area (Å²) in [6, 6.07) is 5.80. The minimum Gasteiger partial charge on any atom is -0.492 e. The maximum absolute atomic E-state index is 12.0. The highest BCUT2D eigenvalue weighted by Crippen LogP contribution is 2.35. The Morgan fingerprint density at radius 3 is 2.55 bits per heavy atom. The van der Waals surface area contributed by atoms with Gasteiger partial charge in [0.1, 0.15) is 0 Å². The third-order valence-corrected chi connectivity index (χ3v) is 4.09. The molecule has 1 saturated heterocycles. The second kappa shape index (κ2) is 5.23. The summed E-state index contributed by atoms with van der Waals surface area (Å²) in [5.41, 5.74) is 7.62. The molecule has 20 heavy (non-hydrogen) atoms. The van der Waals surface area contributed by atoms with Gasteiger partial charge in [0.25, 0.3) is 0 Å². The van der Waals surface area contributed by atoms with E-state index < -0.39 is 0 Å². The molecule has 1 aromatic rings. The number of para-hydroxylation sites is 1. The van der Waals surface area contributed by atoms with E-state index in [0.717, 1.165) is 50.5 Å². The molecule has 0 bridgehead atoms. The van der Waals surface area contributed by atoms with E-state index in [1.165, 1.54) is 0 Å². The van der Waals surface area contributed by atoms with Crippen LogP contribution >= 0.6 is 0 Å². The Morgan fingerprint density at radius 2 is 1.95 bits per heavy atom. The number of rotatable bonds is 3. The summed E-state index contributed by atoms with van der Waals surface area (Å²) < 4.78 is 5.40. The Balaban J connectivity index is 1.68. The quantitative estimate of drug-likeness (QED) is 0.846.